The van der Waals surface area contributed by atoms with Crippen molar-refractivity contribution in [1.82, 2.24) is 15.5 Å². The number of halogens is 3. The van der Waals surface area contributed by atoms with Crippen LogP contribution in [-0.4, -0.2) is 42.6 Å². The molecule has 0 spiro atoms. The molecule has 1 aliphatic heterocycles. The van der Waals surface area contributed by atoms with E-state index in [1.807, 2.05) is 0 Å². The Bertz CT molecular complexity index is 448. The zero-order chi connectivity index (χ0) is 13.5. The number of piperazine rings is 1. The van der Waals surface area contributed by atoms with Crippen LogP contribution < -0.4 is 10.2 Å². The molecular formula is C12H17F3N4. The predicted molar refractivity (Wildman–Crippen MR) is 65.2 cm³/mol. The molecule has 3 rings (SSSR count). The second kappa shape index (κ2) is 4.70. The number of hydrogen-bond acceptors (Lipinski definition) is 3. The molecule has 0 bridgehead atoms. The minimum atomic E-state index is -4.10. The van der Waals surface area contributed by atoms with Crippen molar-refractivity contribution in [1.29, 1.82) is 0 Å². The quantitative estimate of drug-likeness (QED) is 0.815. The lowest BCUT2D eigenvalue weighted by Gasteiger charge is -2.30. The van der Waals surface area contributed by atoms with Gasteiger partial charge in [-0.25, -0.2) is 0 Å². The molecular weight excluding hydrogens is 257 g/mol. The third kappa shape index (κ3) is 2.43. The van der Waals surface area contributed by atoms with Gasteiger partial charge in [-0.05, 0) is 19.3 Å². The van der Waals surface area contributed by atoms with Crippen molar-refractivity contribution in [2.75, 3.05) is 31.1 Å². The monoisotopic (exact) mass is 274 g/mol. The molecule has 0 amide bonds. The Morgan fingerprint density at radius 3 is 2.63 bits per heavy atom. The minimum Gasteiger partial charge on any atom is -0.352 e. The highest BCUT2D eigenvalue weighted by Crippen LogP contribution is 2.39. The van der Waals surface area contributed by atoms with E-state index in [4.69, 9.17) is 0 Å². The summed E-state index contributed by atoms with van der Waals surface area (Å²) >= 11 is 0. The van der Waals surface area contributed by atoms with Crippen LogP contribution in [0.2, 0.25) is 0 Å². The molecule has 1 fully saturated rings. The molecule has 1 atom stereocenters. The Labute approximate surface area is 109 Å². The van der Waals surface area contributed by atoms with E-state index in [1.54, 1.807) is 0 Å². The summed E-state index contributed by atoms with van der Waals surface area (Å²) in [6.45, 7) is 3.30. The van der Waals surface area contributed by atoms with Crippen LogP contribution in [0.3, 0.4) is 0 Å². The summed E-state index contributed by atoms with van der Waals surface area (Å²) in [7, 11) is 0. The Balaban J connectivity index is 1.84. The maximum absolute atomic E-state index is 12.9. The van der Waals surface area contributed by atoms with Crippen molar-refractivity contribution in [2.24, 2.45) is 5.92 Å². The van der Waals surface area contributed by atoms with Gasteiger partial charge in [-0.3, -0.25) is 5.10 Å². The molecule has 1 aromatic rings. The molecule has 2 aliphatic rings. The van der Waals surface area contributed by atoms with Crippen molar-refractivity contribution in [3.8, 4) is 0 Å². The van der Waals surface area contributed by atoms with E-state index in [0.29, 0.717) is 6.42 Å². The first kappa shape index (κ1) is 12.8. The molecule has 0 saturated carbocycles. The fraction of sp³-hybridized carbons (Fsp3) is 0.750. The summed E-state index contributed by atoms with van der Waals surface area (Å²) in [5.74, 6) is -0.496. The van der Waals surface area contributed by atoms with Crippen molar-refractivity contribution < 1.29 is 13.2 Å². The summed E-state index contributed by atoms with van der Waals surface area (Å²) in [5, 5.41) is 10.4. The highest BCUT2D eigenvalue weighted by atomic mass is 19.4. The number of aromatic nitrogens is 2. The van der Waals surface area contributed by atoms with E-state index in [1.165, 1.54) is 0 Å². The Morgan fingerprint density at radius 2 is 1.95 bits per heavy atom. The first-order valence-electron chi connectivity index (χ1n) is 6.64. The van der Waals surface area contributed by atoms with E-state index in [9.17, 15) is 13.2 Å². The first-order chi connectivity index (χ1) is 9.05. The van der Waals surface area contributed by atoms with E-state index in [-0.39, 0.29) is 12.8 Å². The smallest absolute Gasteiger partial charge is 0.352 e. The molecule has 106 valence electrons. The van der Waals surface area contributed by atoms with Crippen LogP contribution >= 0.6 is 0 Å². The average molecular weight is 274 g/mol. The van der Waals surface area contributed by atoms with Crippen LogP contribution in [0.5, 0.6) is 0 Å². The molecule has 7 heteroatoms. The fourth-order valence-electron chi connectivity index (χ4n) is 2.90. The lowest BCUT2D eigenvalue weighted by molar-refractivity contribution is -0.177. The number of aryl methyl sites for hydroxylation is 1. The van der Waals surface area contributed by atoms with Gasteiger partial charge in [0.25, 0.3) is 0 Å². The third-order valence-corrected chi connectivity index (χ3v) is 4.00. The Morgan fingerprint density at radius 1 is 1.21 bits per heavy atom. The van der Waals surface area contributed by atoms with Crippen LogP contribution in [0.4, 0.5) is 19.0 Å². The molecule has 0 radical (unpaired) electrons. The Kier molecular flexibility index (Phi) is 3.16. The van der Waals surface area contributed by atoms with E-state index in [0.717, 1.165) is 43.3 Å². The Hall–Kier alpha value is -1.24. The SMILES string of the molecule is FC(F)(F)C1CCc2[nH]nc(N3CCNCC3)c2C1. The number of nitrogens with zero attached hydrogens (tertiary/aromatic N) is 2. The van der Waals surface area contributed by atoms with Crippen molar-refractivity contribution >= 4 is 5.82 Å². The molecule has 1 aliphatic carbocycles. The number of H-pyrrole nitrogens is 1. The highest BCUT2D eigenvalue weighted by molar-refractivity contribution is 5.50. The summed E-state index contributed by atoms with van der Waals surface area (Å²) in [6.07, 6.45) is -3.43. The largest absolute Gasteiger partial charge is 0.392 e. The molecule has 1 saturated heterocycles. The molecule has 0 aromatic carbocycles. The second-order valence-electron chi connectivity index (χ2n) is 5.22. The lowest BCUT2D eigenvalue weighted by Crippen LogP contribution is -2.44. The zero-order valence-electron chi connectivity index (χ0n) is 10.6. The van der Waals surface area contributed by atoms with Crippen LogP contribution in [0.15, 0.2) is 0 Å². The summed E-state index contributed by atoms with van der Waals surface area (Å²) < 4.78 is 38.6. The number of rotatable bonds is 1. The van der Waals surface area contributed by atoms with Gasteiger partial charge in [-0.1, -0.05) is 0 Å². The van der Waals surface area contributed by atoms with Crippen molar-refractivity contribution in [3.63, 3.8) is 0 Å². The van der Waals surface area contributed by atoms with Gasteiger partial charge in [0.15, 0.2) is 5.82 Å². The highest BCUT2D eigenvalue weighted by Gasteiger charge is 2.42. The van der Waals surface area contributed by atoms with Gasteiger partial charge in [-0.2, -0.15) is 18.3 Å². The molecule has 2 N–H and O–H groups in total. The maximum Gasteiger partial charge on any atom is 0.392 e. The van der Waals surface area contributed by atoms with Crippen LogP contribution in [-0.2, 0) is 12.8 Å². The maximum atomic E-state index is 12.9. The van der Waals surface area contributed by atoms with Crippen LogP contribution in [0, 0.1) is 5.92 Å². The third-order valence-electron chi connectivity index (χ3n) is 4.00. The van der Waals surface area contributed by atoms with Crippen LogP contribution in [0.1, 0.15) is 17.7 Å². The van der Waals surface area contributed by atoms with Gasteiger partial charge in [-0.15, -0.1) is 0 Å². The van der Waals surface area contributed by atoms with Gasteiger partial charge in [0.1, 0.15) is 0 Å². The molecule has 1 aromatic heterocycles. The first-order valence-corrected chi connectivity index (χ1v) is 6.64. The standard InChI is InChI=1S/C12H17F3N4/c13-12(14,15)8-1-2-10-9(7-8)11(18-17-10)19-5-3-16-4-6-19/h8,16H,1-7H2,(H,17,18). The second-order valence-corrected chi connectivity index (χ2v) is 5.22. The number of anilines is 1. The van der Waals surface area contributed by atoms with E-state index in [2.05, 4.69) is 20.4 Å². The van der Waals surface area contributed by atoms with Crippen molar-refractivity contribution in [3.05, 3.63) is 11.3 Å². The van der Waals surface area contributed by atoms with Crippen molar-refractivity contribution in [2.45, 2.75) is 25.4 Å². The molecule has 4 nitrogen and oxygen atoms in total. The fourth-order valence-corrected chi connectivity index (χ4v) is 2.90. The number of nitrogens with one attached hydrogen (secondary N) is 2. The summed E-state index contributed by atoms with van der Waals surface area (Å²) in [4.78, 5) is 2.07. The molecule has 2 heterocycles. The number of fused-ring (bicyclic) bond motifs is 1. The molecule has 19 heavy (non-hydrogen) atoms. The molecule has 1 unspecified atom stereocenters. The zero-order valence-corrected chi connectivity index (χ0v) is 10.6. The predicted octanol–water partition coefficient (Wildman–Crippen LogP) is 1.49. The van der Waals surface area contributed by atoms with Gasteiger partial charge in [0.05, 0.1) is 5.92 Å². The van der Waals surface area contributed by atoms with Gasteiger partial charge in [0, 0.05) is 37.4 Å². The van der Waals surface area contributed by atoms with Gasteiger partial charge < -0.3 is 10.2 Å². The normalized spacial score (nSPS) is 24.4. The number of aromatic amines is 1. The average Bonchev–Trinajstić information content (AvgIpc) is 2.81. The summed E-state index contributed by atoms with van der Waals surface area (Å²) in [5.41, 5.74) is 1.66. The topological polar surface area (TPSA) is 44.0 Å². The van der Waals surface area contributed by atoms with E-state index < -0.39 is 12.1 Å². The number of hydrogen-bond donors (Lipinski definition) is 2. The van der Waals surface area contributed by atoms with Gasteiger partial charge in [0.2, 0.25) is 0 Å². The lowest BCUT2D eigenvalue weighted by atomic mass is 9.86. The van der Waals surface area contributed by atoms with Crippen LogP contribution in [0.25, 0.3) is 0 Å². The van der Waals surface area contributed by atoms with Gasteiger partial charge >= 0.3 is 6.18 Å². The number of alkyl halides is 3. The summed E-state index contributed by atoms with van der Waals surface area (Å²) in [6, 6.07) is 0. The minimum absolute atomic E-state index is 0.0641. The van der Waals surface area contributed by atoms with E-state index >= 15 is 0 Å².